The summed E-state index contributed by atoms with van der Waals surface area (Å²) in [5.41, 5.74) is 7.42. The van der Waals surface area contributed by atoms with Gasteiger partial charge in [-0.3, -0.25) is 4.79 Å². The first kappa shape index (κ1) is 13.8. The van der Waals surface area contributed by atoms with E-state index in [4.69, 9.17) is 10.2 Å². The number of rotatable bonds is 4. The zero-order chi connectivity index (χ0) is 15.8. The summed E-state index contributed by atoms with van der Waals surface area (Å²) in [7, 11) is 0. The number of thiazole rings is 1. The lowest BCUT2D eigenvalue weighted by Gasteiger charge is -1.94. The van der Waals surface area contributed by atoms with Gasteiger partial charge in [-0.15, -0.1) is 21.5 Å². The number of aromatic nitrogens is 4. The fourth-order valence-electron chi connectivity index (χ4n) is 2.29. The van der Waals surface area contributed by atoms with Gasteiger partial charge in [0.1, 0.15) is 5.69 Å². The molecule has 0 bridgehead atoms. The predicted molar refractivity (Wildman–Crippen MR) is 85.0 cm³/mol. The molecule has 0 aliphatic carbocycles. The van der Waals surface area contributed by atoms with Gasteiger partial charge in [0.15, 0.2) is 5.01 Å². The van der Waals surface area contributed by atoms with Crippen molar-refractivity contribution in [2.45, 2.75) is 6.54 Å². The monoisotopic (exact) mass is 325 g/mol. The third kappa shape index (κ3) is 2.33. The van der Waals surface area contributed by atoms with Gasteiger partial charge in [0.05, 0.1) is 12.1 Å². The molecule has 0 saturated heterocycles. The molecular formula is C15H11N5O2S. The van der Waals surface area contributed by atoms with Crippen molar-refractivity contribution in [3.8, 4) is 11.6 Å². The van der Waals surface area contributed by atoms with Gasteiger partial charge in [-0.25, -0.2) is 4.98 Å². The molecule has 0 radical (unpaired) electrons. The van der Waals surface area contributed by atoms with Crippen LogP contribution >= 0.6 is 11.3 Å². The van der Waals surface area contributed by atoms with E-state index in [9.17, 15) is 4.79 Å². The Morgan fingerprint density at radius 1 is 1.30 bits per heavy atom. The average molecular weight is 325 g/mol. The molecule has 7 nitrogen and oxygen atoms in total. The van der Waals surface area contributed by atoms with Crippen LogP contribution in [0.2, 0.25) is 0 Å². The molecule has 3 heterocycles. The molecule has 0 atom stereocenters. The highest BCUT2D eigenvalue weighted by atomic mass is 32.1. The maximum absolute atomic E-state index is 12.7. The van der Waals surface area contributed by atoms with Crippen molar-refractivity contribution < 1.29 is 9.21 Å². The number of carbonyl (C=O) groups is 1. The van der Waals surface area contributed by atoms with Gasteiger partial charge in [-0.1, -0.05) is 18.2 Å². The molecule has 0 aliphatic heterocycles. The number of nitrogens with zero attached hydrogens (tertiary/aromatic N) is 3. The maximum Gasteiger partial charge on any atom is 0.267 e. The van der Waals surface area contributed by atoms with Gasteiger partial charge in [-0.2, -0.15) is 0 Å². The number of ketones is 1. The SMILES string of the molecule is NCc1nnc(-c2csc(C(=O)c3c[nH]c4ccccc34)n2)o1. The number of para-hydroxylation sites is 1. The lowest BCUT2D eigenvalue weighted by molar-refractivity contribution is 0.104. The highest BCUT2D eigenvalue weighted by Crippen LogP contribution is 2.25. The van der Waals surface area contributed by atoms with Crippen LogP contribution in [0.4, 0.5) is 0 Å². The highest BCUT2D eigenvalue weighted by molar-refractivity contribution is 7.12. The maximum atomic E-state index is 12.7. The summed E-state index contributed by atoms with van der Waals surface area (Å²) in [5, 5.41) is 10.6. The van der Waals surface area contributed by atoms with Crippen LogP contribution in [0.3, 0.4) is 0 Å². The standard InChI is InChI=1S/C15H11N5O2S/c16-5-12-19-20-14(22-12)11-7-23-15(18-11)13(21)9-6-17-10-4-2-1-3-8(9)10/h1-4,6-7,17H,5,16H2. The number of aromatic amines is 1. The molecule has 1 aromatic carbocycles. The van der Waals surface area contributed by atoms with Crippen molar-refractivity contribution in [1.82, 2.24) is 20.2 Å². The third-order valence-electron chi connectivity index (χ3n) is 3.39. The number of hydrogen-bond acceptors (Lipinski definition) is 7. The fourth-order valence-corrected chi connectivity index (χ4v) is 3.04. The van der Waals surface area contributed by atoms with Gasteiger partial charge >= 0.3 is 0 Å². The minimum absolute atomic E-state index is 0.141. The van der Waals surface area contributed by atoms with Gasteiger partial charge in [-0.05, 0) is 6.07 Å². The number of nitrogens with two attached hydrogens (primary N) is 1. The van der Waals surface area contributed by atoms with Crippen LogP contribution in [0, 0.1) is 0 Å². The van der Waals surface area contributed by atoms with Crippen molar-refractivity contribution in [3.05, 3.63) is 52.3 Å². The molecule has 4 rings (SSSR count). The zero-order valence-corrected chi connectivity index (χ0v) is 12.6. The summed E-state index contributed by atoms with van der Waals surface area (Å²) in [5.74, 6) is 0.453. The van der Waals surface area contributed by atoms with Crippen molar-refractivity contribution in [3.63, 3.8) is 0 Å². The van der Waals surface area contributed by atoms with Crippen LogP contribution in [-0.2, 0) is 6.54 Å². The minimum Gasteiger partial charge on any atom is -0.418 e. The van der Waals surface area contributed by atoms with Gasteiger partial charge in [0.25, 0.3) is 5.89 Å². The first-order chi connectivity index (χ1) is 11.3. The van der Waals surface area contributed by atoms with Crippen LogP contribution in [-0.4, -0.2) is 25.9 Å². The van der Waals surface area contributed by atoms with Crippen LogP contribution < -0.4 is 5.73 Å². The van der Waals surface area contributed by atoms with Crippen molar-refractivity contribution in [2.75, 3.05) is 0 Å². The molecule has 0 saturated carbocycles. The minimum atomic E-state index is -0.141. The number of benzene rings is 1. The summed E-state index contributed by atoms with van der Waals surface area (Å²) in [6.45, 7) is 0.165. The number of hydrogen-bond donors (Lipinski definition) is 2. The predicted octanol–water partition coefficient (Wildman–Crippen LogP) is 2.36. The van der Waals surface area contributed by atoms with E-state index in [1.807, 2.05) is 24.3 Å². The lowest BCUT2D eigenvalue weighted by Crippen LogP contribution is -1.99. The molecular weight excluding hydrogens is 314 g/mol. The first-order valence-electron chi connectivity index (χ1n) is 6.85. The molecule has 0 unspecified atom stereocenters. The molecule has 8 heteroatoms. The van der Waals surface area contributed by atoms with E-state index in [1.54, 1.807) is 11.6 Å². The molecule has 0 fully saturated rings. The van der Waals surface area contributed by atoms with Crippen LogP contribution in [0.25, 0.3) is 22.5 Å². The van der Waals surface area contributed by atoms with E-state index in [2.05, 4.69) is 20.2 Å². The molecule has 114 valence electrons. The van der Waals surface area contributed by atoms with Crippen LogP contribution in [0.5, 0.6) is 0 Å². The van der Waals surface area contributed by atoms with Gasteiger partial charge < -0.3 is 15.1 Å². The number of H-pyrrole nitrogens is 1. The quantitative estimate of drug-likeness (QED) is 0.557. The Balaban J connectivity index is 1.69. The molecule has 23 heavy (non-hydrogen) atoms. The van der Waals surface area contributed by atoms with Crippen LogP contribution in [0.1, 0.15) is 21.3 Å². The first-order valence-corrected chi connectivity index (χ1v) is 7.73. The average Bonchev–Trinajstić information content (AvgIpc) is 3.31. The van der Waals surface area contributed by atoms with Crippen LogP contribution in [0.15, 0.2) is 40.3 Å². The number of fused-ring (bicyclic) bond motifs is 1. The second-order valence-electron chi connectivity index (χ2n) is 4.82. The number of nitrogens with one attached hydrogen (secondary N) is 1. The van der Waals surface area contributed by atoms with E-state index in [0.29, 0.717) is 22.2 Å². The highest BCUT2D eigenvalue weighted by Gasteiger charge is 2.19. The van der Waals surface area contributed by atoms with E-state index in [0.717, 1.165) is 10.9 Å². The van der Waals surface area contributed by atoms with Gasteiger partial charge in [0, 0.05) is 22.5 Å². The fraction of sp³-hybridized carbons (Fsp3) is 0.0667. The third-order valence-corrected chi connectivity index (χ3v) is 4.23. The van der Waals surface area contributed by atoms with E-state index < -0.39 is 0 Å². The molecule has 3 aromatic heterocycles. The van der Waals surface area contributed by atoms with E-state index in [-0.39, 0.29) is 18.2 Å². The summed E-state index contributed by atoms with van der Waals surface area (Å²) in [4.78, 5) is 20.1. The topological polar surface area (TPSA) is 111 Å². The normalized spacial score (nSPS) is 11.2. The molecule has 0 amide bonds. The largest absolute Gasteiger partial charge is 0.418 e. The smallest absolute Gasteiger partial charge is 0.267 e. The summed E-state index contributed by atoms with van der Waals surface area (Å²) in [6.07, 6.45) is 1.70. The van der Waals surface area contributed by atoms with Crippen molar-refractivity contribution >= 4 is 28.0 Å². The summed E-state index contributed by atoms with van der Waals surface area (Å²) >= 11 is 1.24. The molecule has 3 N–H and O–H groups in total. The lowest BCUT2D eigenvalue weighted by atomic mass is 10.1. The molecule has 0 aliphatic rings. The summed E-state index contributed by atoms with van der Waals surface area (Å²) < 4.78 is 5.35. The van der Waals surface area contributed by atoms with Crippen molar-refractivity contribution in [1.29, 1.82) is 0 Å². The Bertz CT molecular complexity index is 1000. The Labute approximate surface area is 134 Å². The molecule has 0 spiro atoms. The Morgan fingerprint density at radius 2 is 2.17 bits per heavy atom. The van der Waals surface area contributed by atoms with E-state index >= 15 is 0 Å². The summed E-state index contributed by atoms with van der Waals surface area (Å²) in [6, 6.07) is 7.64. The molecule has 4 aromatic rings. The van der Waals surface area contributed by atoms with Crippen molar-refractivity contribution in [2.24, 2.45) is 5.73 Å². The second kappa shape index (κ2) is 5.41. The zero-order valence-electron chi connectivity index (χ0n) is 11.8. The Kier molecular flexibility index (Phi) is 3.25. The Morgan fingerprint density at radius 3 is 3.00 bits per heavy atom. The Hall–Kier alpha value is -2.84. The second-order valence-corrected chi connectivity index (χ2v) is 5.68. The van der Waals surface area contributed by atoms with Gasteiger partial charge in [0.2, 0.25) is 11.7 Å². The number of carbonyl (C=O) groups excluding carboxylic acids is 1. The van der Waals surface area contributed by atoms with E-state index in [1.165, 1.54) is 11.3 Å².